The van der Waals surface area contributed by atoms with Crippen LogP contribution in [0, 0.1) is 10.1 Å². The number of benzene rings is 2. The molecule has 3 rings (SSSR count). The molecule has 0 fully saturated rings. The predicted octanol–water partition coefficient (Wildman–Crippen LogP) is 4.24. The zero-order valence-electron chi connectivity index (χ0n) is 19.2. The Morgan fingerprint density at radius 3 is 2.56 bits per heavy atom. The Bertz CT molecular complexity index is 1170. The first kappa shape index (κ1) is 27.4. The van der Waals surface area contributed by atoms with Crippen molar-refractivity contribution in [3.63, 3.8) is 0 Å². The number of alkyl halides is 3. The fraction of sp³-hybridized carbons (Fsp3) is 0.391. The third-order valence-electron chi connectivity index (χ3n) is 5.51. The van der Waals surface area contributed by atoms with Gasteiger partial charge in [-0.2, -0.15) is 27.1 Å². The van der Waals surface area contributed by atoms with Gasteiger partial charge in [-0.15, -0.1) is 0 Å². The average molecular weight is 530 g/mol. The van der Waals surface area contributed by atoms with Crippen molar-refractivity contribution in [1.82, 2.24) is 10.4 Å². The van der Waals surface area contributed by atoms with Gasteiger partial charge in [-0.1, -0.05) is 18.2 Å². The van der Waals surface area contributed by atoms with Crippen LogP contribution in [0.4, 0.5) is 18.9 Å². The third-order valence-corrected chi connectivity index (χ3v) is 6.49. The molecule has 1 N–H and O–H groups in total. The first-order valence-electron chi connectivity index (χ1n) is 11.2. The maximum Gasteiger partial charge on any atom is 0.534 e. The van der Waals surface area contributed by atoms with E-state index in [0.29, 0.717) is 25.9 Å². The molecule has 2 aromatic rings. The van der Waals surface area contributed by atoms with E-state index < -0.39 is 20.5 Å². The van der Waals surface area contributed by atoms with Gasteiger partial charge in [0.25, 0.3) is 5.69 Å². The van der Waals surface area contributed by atoms with Gasteiger partial charge in [0.15, 0.2) is 0 Å². The second-order valence-electron chi connectivity index (χ2n) is 8.16. The molecule has 1 aliphatic heterocycles. The van der Waals surface area contributed by atoms with Crippen LogP contribution in [0.25, 0.3) is 0 Å². The van der Waals surface area contributed by atoms with E-state index in [9.17, 15) is 31.7 Å². The van der Waals surface area contributed by atoms with Gasteiger partial charge in [-0.05, 0) is 67.1 Å². The van der Waals surface area contributed by atoms with Crippen molar-refractivity contribution in [3.05, 3.63) is 81.6 Å². The van der Waals surface area contributed by atoms with Crippen molar-refractivity contribution >= 4 is 15.8 Å². The number of halogens is 3. The minimum absolute atomic E-state index is 0.0459. The molecule has 0 aliphatic carbocycles. The number of hydrogen-bond acceptors (Lipinski definition) is 8. The van der Waals surface area contributed by atoms with Crippen molar-refractivity contribution in [2.45, 2.75) is 37.7 Å². The van der Waals surface area contributed by atoms with Gasteiger partial charge >= 0.3 is 15.6 Å². The topological polar surface area (TPSA) is 111 Å². The molecule has 0 radical (unpaired) electrons. The second kappa shape index (κ2) is 12.2. The highest BCUT2D eigenvalue weighted by Crippen LogP contribution is 2.29. The zero-order valence-corrected chi connectivity index (χ0v) is 20.1. The molecule has 0 aromatic heterocycles. The van der Waals surface area contributed by atoms with Crippen LogP contribution < -0.4 is 9.66 Å². The van der Waals surface area contributed by atoms with E-state index in [1.807, 2.05) is 0 Å². The van der Waals surface area contributed by atoms with E-state index in [0.717, 1.165) is 42.6 Å². The number of nitro benzene ring substituents is 1. The van der Waals surface area contributed by atoms with Crippen LogP contribution in [0.15, 0.2) is 54.8 Å². The molecule has 1 heterocycles. The number of nitro groups is 1. The number of hydrogen-bond donors (Lipinski definition) is 1. The normalized spacial score (nSPS) is 14.5. The lowest BCUT2D eigenvalue weighted by Gasteiger charge is -2.29. The Morgan fingerprint density at radius 2 is 1.86 bits per heavy atom. The van der Waals surface area contributed by atoms with Gasteiger partial charge in [-0.3, -0.25) is 15.0 Å². The molecule has 0 saturated carbocycles. The lowest BCUT2D eigenvalue weighted by molar-refractivity contribution is -0.384. The van der Waals surface area contributed by atoms with E-state index in [-0.39, 0.29) is 11.4 Å². The molecular weight excluding hydrogens is 503 g/mol. The lowest BCUT2D eigenvalue weighted by atomic mass is 9.99. The molecule has 0 atom stereocenters. The number of nitrogens with one attached hydrogen (secondary N) is 1. The molecule has 0 bridgehead atoms. The van der Waals surface area contributed by atoms with E-state index in [2.05, 4.69) is 14.6 Å². The highest BCUT2D eigenvalue weighted by Gasteiger charge is 2.48. The number of rotatable bonds is 12. The summed E-state index contributed by atoms with van der Waals surface area (Å²) < 4.78 is 64.4. The minimum Gasteiger partial charge on any atom is -0.417 e. The van der Waals surface area contributed by atoms with Crippen LogP contribution in [0.1, 0.15) is 29.5 Å². The zero-order chi connectivity index (χ0) is 26.2. The molecule has 0 saturated heterocycles. The van der Waals surface area contributed by atoms with E-state index >= 15 is 0 Å². The molecule has 9 nitrogen and oxygen atoms in total. The maximum absolute atomic E-state index is 12.6. The summed E-state index contributed by atoms with van der Waals surface area (Å²) in [6.07, 6.45) is 6.27. The molecule has 0 amide bonds. The number of unbranched alkanes of at least 4 members (excludes halogenated alkanes) is 1. The fourth-order valence-corrected chi connectivity index (χ4v) is 4.09. The van der Waals surface area contributed by atoms with Gasteiger partial charge < -0.3 is 9.02 Å². The lowest BCUT2D eigenvalue weighted by Crippen LogP contribution is -2.32. The van der Waals surface area contributed by atoms with Crippen molar-refractivity contribution in [1.29, 1.82) is 0 Å². The van der Waals surface area contributed by atoms with Crippen LogP contribution >= 0.6 is 0 Å². The summed E-state index contributed by atoms with van der Waals surface area (Å²) in [7, 11) is -5.70. The van der Waals surface area contributed by atoms with Gasteiger partial charge in [0.05, 0.1) is 4.92 Å². The Kier molecular flexibility index (Phi) is 9.29. The Labute approximate surface area is 206 Å². The Morgan fingerprint density at radius 1 is 1.11 bits per heavy atom. The number of allylic oxidation sites excluding steroid dienone is 1. The smallest absolute Gasteiger partial charge is 0.417 e. The van der Waals surface area contributed by atoms with E-state index in [4.69, 9.17) is 4.84 Å². The van der Waals surface area contributed by atoms with Gasteiger partial charge in [0.1, 0.15) is 12.0 Å². The van der Waals surface area contributed by atoms with Crippen LogP contribution in [0.2, 0.25) is 0 Å². The van der Waals surface area contributed by atoms with Crippen molar-refractivity contribution in [3.8, 4) is 5.75 Å². The Balaban J connectivity index is 1.33. The number of non-ortho nitro benzene ring substituents is 1. The quantitative estimate of drug-likeness (QED) is 0.109. The number of fused-ring (bicyclic) bond motifs is 1. The summed E-state index contributed by atoms with van der Waals surface area (Å²) in [5.74, 6) is -0.351. The first-order valence-corrected chi connectivity index (χ1v) is 12.6. The van der Waals surface area contributed by atoms with E-state index in [1.54, 1.807) is 24.3 Å². The average Bonchev–Trinajstić information content (AvgIpc) is 2.82. The van der Waals surface area contributed by atoms with Gasteiger partial charge in [0, 0.05) is 31.8 Å². The SMILES string of the molecule is O=[N+]([O-])c1ccc(C/C=C/ONCCCCN2CCc3ccc(OS(=O)(=O)C(F)(F)F)cc3C2)cc1. The molecule has 1 aliphatic rings. The highest BCUT2D eigenvalue weighted by atomic mass is 32.2. The van der Waals surface area contributed by atoms with Crippen LogP contribution in [0.5, 0.6) is 5.75 Å². The minimum atomic E-state index is -5.70. The summed E-state index contributed by atoms with van der Waals surface area (Å²) in [6.45, 7) is 2.67. The molecule has 36 heavy (non-hydrogen) atoms. The number of nitrogens with zero attached hydrogens (tertiary/aromatic N) is 2. The van der Waals surface area contributed by atoms with Crippen LogP contribution in [-0.2, 0) is 34.3 Å². The summed E-state index contributed by atoms with van der Waals surface area (Å²) >= 11 is 0. The van der Waals surface area contributed by atoms with Gasteiger partial charge in [0.2, 0.25) is 0 Å². The molecule has 2 aromatic carbocycles. The first-order chi connectivity index (χ1) is 17.0. The summed E-state index contributed by atoms with van der Waals surface area (Å²) in [6, 6.07) is 10.5. The maximum atomic E-state index is 12.6. The molecule has 0 unspecified atom stereocenters. The largest absolute Gasteiger partial charge is 0.534 e. The summed E-state index contributed by atoms with van der Waals surface area (Å²) in [5, 5.41) is 10.6. The van der Waals surface area contributed by atoms with Crippen molar-refractivity contribution in [2.75, 3.05) is 19.6 Å². The van der Waals surface area contributed by atoms with E-state index in [1.165, 1.54) is 30.5 Å². The monoisotopic (exact) mass is 529 g/mol. The van der Waals surface area contributed by atoms with Gasteiger partial charge in [-0.25, -0.2) is 0 Å². The predicted molar refractivity (Wildman–Crippen MR) is 125 cm³/mol. The summed E-state index contributed by atoms with van der Waals surface area (Å²) in [5.41, 5.74) is 0.0235. The van der Waals surface area contributed by atoms with Crippen molar-refractivity contribution < 1.29 is 35.5 Å². The van der Waals surface area contributed by atoms with Crippen LogP contribution in [0.3, 0.4) is 0 Å². The second-order valence-corrected chi connectivity index (χ2v) is 9.70. The molecular formula is C23H26F3N3O6S. The molecule has 196 valence electrons. The third kappa shape index (κ3) is 7.93. The molecule has 0 spiro atoms. The number of hydroxylamine groups is 1. The standard InChI is InChI=1S/C23H26F3N3O6S/c24-23(25,26)36(32,33)35-22-10-7-19-11-14-28(17-20(19)16-22)13-2-1-12-27-34-15-3-4-18-5-8-21(9-6-18)29(30)31/h3,5-10,15-16,27H,1-2,4,11-14,17H2/b15-3+. The van der Waals surface area contributed by atoms with Crippen LogP contribution in [-0.4, -0.2) is 43.4 Å². The fourth-order valence-electron chi connectivity index (χ4n) is 3.63. The summed E-state index contributed by atoms with van der Waals surface area (Å²) in [4.78, 5) is 17.6. The highest BCUT2D eigenvalue weighted by molar-refractivity contribution is 7.88. The Hall–Kier alpha value is -3.16. The molecule has 13 heteroatoms. The van der Waals surface area contributed by atoms with Crippen molar-refractivity contribution in [2.24, 2.45) is 0 Å².